The Morgan fingerprint density at radius 3 is 2.93 bits per heavy atom. The first-order chi connectivity index (χ1) is 14.1. The summed E-state index contributed by atoms with van der Waals surface area (Å²) in [6.07, 6.45) is 5.78. The maximum absolute atomic E-state index is 12.5. The number of urea groups is 1. The molecule has 0 spiro atoms. The lowest BCUT2D eigenvalue weighted by atomic mass is 10.1. The van der Waals surface area contributed by atoms with Crippen LogP contribution in [0.25, 0.3) is 0 Å². The molecule has 1 aliphatic rings. The first-order valence-electron chi connectivity index (χ1n) is 9.86. The van der Waals surface area contributed by atoms with Gasteiger partial charge in [0.1, 0.15) is 0 Å². The summed E-state index contributed by atoms with van der Waals surface area (Å²) in [5.74, 6) is 2.54. The largest absolute Gasteiger partial charge is 0.389 e. The van der Waals surface area contributed by atoms with Gasteiger partial charge < -0.3 is 14.9 Å². The van der Waals surface area contributed by atoms with Crippen LogP contribution in [0, 0.1) is 0 Å². The van der Waals surface area contributed by atoms with Crippen molar-refractivity contribution in [2.24, 2.45) is 0 Å². The lowest BCUT2D eigenvalue weighted by molar-refractivity contribution is 0.193. The normalized spacial score (nSPS) is 18.1. The molecule has 2 atom stereocenters. The zero-order valence-corrected chi connectivity index (χ0v) is 17.5. The number of unbranched alkanes of at least 4 members (excludes halogenated alkanes) is 1. The van der Waals surface area contributed by atoms with E-state index in [4.69, 9.17) is 0 Å². The Morgan fingerprint density at radius 1 is 1.34 bits per heavy atom. The number of aromatic amines is 1. The molecule has 0 saturated carbocycles. The van der Waals surface area contributed by atoms with Gasteiger partial charge in [-0.1, -0.05) is 42.5 Å². The third-order valence-corrected chi connectivity index (χ3v) is 5.90. The fourth-order valence-corrected chi connectivity index (χ4v) is 4.19. The highest BCUT2D eigenvalue weighted by atomic mass is 32.2. The Bertz CT molecular complexity index is 771. The second-order valence-electron chi connectivity index (χ2n) is 7.17. The standard InChI is InChI=1S/C20H28N6O2S/c1-25-14-17(9-10-18(27)13-16-7-3-2-4-8-16)26(20(25)28)11-5-6-12-29-15-19-21-23-24-22-19/h2-4,7-10,17-18,27H,5-6,11-15H2,1H3,(H,21,22,23,24)/t17-,18?/m0/s1. The van der Waals surface area contributed by atoms with E-state index in [9.17, 15) is 9.90 Å². The average Bonchev–Trinajstić information content (AvgIpc) is 3.33. The summed E-state index contributed by atoms with van der Waals surface area (Å²) >= 11 is 1.78. The van der Waals surface area contributed by atoms with E-state index in [1.54, 1.807) is 16.7 Å². The van der Waals surface area contributed by atoms with Gasteiger partial charge in [0.2, 0.25) is 0 Å². The maximum atomic E-state index is 12.5. The van der Waals surface area contributed by atoms with E-state index in [0.29, 0.717) is 13.0 Å². The van der Waals surface area contributed by atoms with Crippen molar-refractivity contribution in [3.63, 3.8) is 0 Å². The number of hydrogen-bond donors (Lipinski definition) is 2. The number of benzene rings is 1. The van der Waals surface area contributed by atoms with Crippen LogP contribution < -0.4 is 0 Å². The van der Waals surface area contributed by atoms with Crippen molar-refractivity contribution < 1.29 is 9.90 Å². The zero-order valence-electron chi connectivity index (χ0n) is 16.6. The number of H-pyrrole nitrogens is 1. The number of carbonyl (C=O) groups excluding carboxylic acids is 1. The molecule has 3 rings (SSSR count). The number of amides is 2. The third kappa shape index (κ3) is 6.57. The van der Waals surface area contributed by atoms with Crippen molar-refractivity contribution in [2.45, 2.75) is 37.2 Å². The first-order valence-corrected chi connectivity index (χ1v) is 11.0. The number of aliphatic hydroxyl groups is 1. The van der Waals surface area contributed by atoms with Gasteiger partial charge in [0, 0.05) is 26.6 Å². The molecule has 1 aromatic heterocycles. The zero-order chi connectivity index (χ0) is 20.5. The number of aliphatic hydroxyl groups excluding tert-OH is 1. The van der Waals surface area contributed by atoms with Gasteiger partial charge in [-0.05, 0) is 34.6 Å². The van der Waals surface area contributed by atoms with Gasteiger partial charge >= 0.3 is 6.03 Å². The van der Waals surface area contributed by atoms with E-state index in [2.05, 4.69) is 20.6 Å². The fraction of sp³-hybridized carbons (Fsp3) is 0.500. The third-order valence-electron chi connectivity index (χ3n) is 4.84. The number of hydrogen-bond acceptors (Lipinski definition) is 6. The average molecular weight is 417 g/mol. The molecule has 0 aliphatic carbocycles. The summed E-state index contributed by atoms with van der Waals surface area (Å²) < 4.78 is 0. The van der Waals surface area contributed by atoms with E-state index in [-0.39, 0.29) is 12.1 Å². The number of tetrazole rings is 1. The van der Waals surface area contributed by atoms with Crippen LogP contribution in [-0.4, -0.2) is 79.6 Å². The number of nitrogens with one attached hydrogen (secondary N) is 1. The smallest absolute Gasteiger partial charge is 0.320 e. The molecule has 8 nitrogen and oxygen atoms in total. The van der Waals surface area contributed by atoms with E-state index < -0.39 is 6.10 Å². The van der Waals surface area contributed by atoms with Gasteiger partial charge in [0.05, 0.1) is 17.9 Å². The van der Waals surface area contributed by atoms with Crippen molar-refractivity contribution in [3.05, 3.63) is 53.9 Å². The van der Waals surface area contributed by atoms with E-state index in [0.717, 1.165) is 42.3 Å². The Hall–Kier alpha value is -2.39. The lowest BCUT2D eigenvalue weighted by Gasteiger charge is -2.21. The predicted octanol–water partition coefficient (Wildman–Crippen LogP) is 2.11. The van der Waals surface area contributed by atoms with E-state index in [1.165, 1.54) is 0 Å². The number of nitrogens with zero attached hydrogens (tertiary/aromatic N) is 5. The molecule has 0 radical (unpaired) electrons. The molecule has 2 aromatic rings. The van der Waals surface area contributed by atoms with Gasteiger partial charge in [0.15, 0.2) is 5.82 Å². The minimum absolute atomic E-state index is 0.00541. The molecule has 156 valence electrons. The Kier molecular flexibility index (Phi) is 8.06. The second kappa shape index (κ2) is 11.0. The molecule has 2 N–H and O–H groups in total. The van der Waals surface area contributed by atoms with Gasteiger partial charge in [-0.3, -0.25) is 0 Å². The van der Waals surface area contributed by atoms with Crippen LogP contribution in [-0.2, 0) is 12.2 Å². The molecule has 1 aromatic carbocycles. The molecular formula is C20H28N6O2S. The van der Waals surface area contributed by atoms with Crippen molar-refractivity contribution in [1.82, 2.24) is 30.4 Å². The number of thioether (sulfide) groups is 1. The lowest BCUT2D eigenvalue weighted by Crippen LogP contribution is -2.34. The predicted molar refractivity (Wildman–Crippen MR) is 113 cm³/mol. The summed E-state index contributed by atoms with van der Waals surface area (Å²) in [7, 11) is 1.82. The highest BCUT2D eigenvalue weighted by Crippen LogP contribution is 2.18. The van der Waals surface area contributed by atoms with Crippen molar-refractivity contribution in [2.75, 3.05) is 25.9 Å². The fourth-order valence-electron chi connectivity index (χ4n) is 3.32. The molecule has 2 amide bonds. The Balaban J connectivity index is 1.41. The molecule has 1 saturated heterocycles. The van der Waals surface area contributed by atoms with Gasteiger partial charge in [-0.2, -0.15) is 11.8 Å². The summed E-state index contributed by atoms with van der Waals surface area (Å²) in [6, 6.07) is 9.98. The molecule has 0 bridgehead atoms. The van der Waals surface area contributed by atoms with Gasteiger partial charge in [-0.25, -0.2) is 9.89 Å². The Labute approximate surface area is 175 Å². The van der Waals surface area contributed by atoms with Crippen LogP contribution in [0.5, 0.6) is 0 Å². The number of aromatic nitrogens is 4. The van der Waals surface area contributed by atoms with Crippen molar-refractivity contribution in [3.8, 4) is 0 Å². The summed E-state index contributed by atoms with van der Waals surface area (Å²) in [4.78, 5) is 16.1. The van der Waals surface area contributed by atoms with Crippen molar-refractivity contribution in [1.29, 1.82) is 0 Å². The van der Waals surface area contributed by atoms with Crippen molar-refractivity contribution >= 4 is 17.8 Å². The maximum Gasteiger partial charge on any atom is 0.320 e. The quantitative estimate of drug-likeness (QED) is 0.430. The van der Waals surface area contributed by atoms with Crippen LogP contribution in [0.1, 0.15) is 24.2 Å². The summed E-state index contributed by atoms with van der Waals surface area (Å²) in [5.41, 5.74) is 1.10. The molecule has 1 aliphatic heterocycles. The van der Waals surface area contributed by atoms with E-state index >= 15 is 0 Å². The number of likely N-dealkylation sites (N-methyl/N-ethyl adjacent to an activating group) is 1. The summed E-state index contributed by atoms with van der Waals surface area (Å²) in [6.45, 7) is 1.37. The molecular weight excluding hydrogens is 388 g/mol. The number of carbonyl (C=O) groups is 1. The van der Waals surface area contributed by atoms with Crippen LogP contribution in [0.15, 0.2) is 42.5 Å². The molecule has 2 heterocycles. The topological polar surface area (TPSA) is 98.2 Å². The van der Waals surface area contributed by atoms with Crippen LogP contribution >= 0.6 is 11.8 Å². The first kappa shape index (κ1) is 21.3. The molecule has 1 fully saturated rings. The summed E-state index contributed by atoms with van der Waals surface area (Å²) in [5, 5.41) is 24.0. The molecule has 9 heteroatoms. The van der Waals surface area contributed by atoms with Gasteiger partial charge in [0.25, 0.3) is 0 Å². The minimum Gasteiger partial charge on any atom is -0.389 e. The number of rotatable bonds is 11. The SMILES string of the molecule is CN1C[C@H](C=CC(O)Cc2ccccc2)N(CCCCSCc2nnn[nH]2)C1=O. The second-order valence-corrected chi connectivity index (χ2v) is 8.28. The molecule has 29 heavy (non-hydrogen) atoms. The minimum atomic E-state index is -0.553. The van der Waals surface area contributed by atoms with E-state index in [1.807, 2.05) is 54.4 Å². The monoisotopic (exact) mass is 416 g/mol. The van der Waals surface area contributed by atoms with Crippen LogP contribution in [0.3, 0.4) is 0 Å². The molecule has 1 unspecified atom stereocenters. The van der Waals surface area contributed by atoms with Crippen LogP contribution in [0.2, 0.25) is 0 Å². The van der Waals surface area contributed by atoms with Crippen LogP contribution in [0.4, 0.5) is 4.79 Å². The highest BCUT2D eigenvalue weighted by molar-refractivity contribution is 7.98. The highest BCUT2D eigenvalue weighted by Gasteiger charge is 2.32. The Morgan fingerprint density at radius 2 is 2.17 bits per heavy atom. The van der Waals surface area contributed by atoms with Gasteiger partial charge in [-0.15, -0.1) is 5.10 Å².